The lowest BCUT2D eigenvalue weighted by molar-refractivity contribution is -0.384. The topological polar surface area (TPSA) is 66.9 Å². The van der Waals surface area contributed by atoms with Gasteiger partial charge in [-0.2, -0.15) is 5.26 Å². The van der Waals surface area contributed by atoms with Crippen molar-refractivity contribution in [2.45, 2.75) is 6.92 Å². The van der Waals surface area contributed by atoms with Gasteiger partial charge in [-0.25, -0.2) is 0 Å². The number of nitrogens with zero attached hydrogens (tertiary/aromatic N) is 2. The fraction of sp³-hybridized carbons (Fsp3) is 0.100. The molecule has 0 unspecified atom stereocenters. The smallest absolute Gasteiger partial charge is 0.258 e. The van der Waals surface area contributed by atoms with E-state index in [4.69, 9.17) is 5.26 Å². The van der Waals surface area contributed by atoms with E-state index in [0.29, 0.717) is 11.1 Å². The van der Waals surface area contributed by atoms with Crippen LogP contribution in [0.15, 0.2) is 30.3 Å². The summed E-state index contributed by atoms with van der Waals surface area (Å²) in [7, 11) is 0. The molecule has 0 bridgehead atoms. The maximum atomic E-state index is 10.3. The van der Waals surface area contributed by atoms with Crippen molar-refractivity contribution in [2.24, 2.45) is 0 Å². The lowest BCUT2D eigenvalue weighted by Crippen LogP contribution is -1.88. The average molecular weight is 188 g/mol. The summed E-state index contributed by atoms with van der Waals surface area (Å²) < 4.78 is 0. The van der Waals surface area contributed by atoms with E-state index in [-0.39, 0.29) is 5.69 Å². The Morgan fingerprint density at radius 2 is 2.07 bits per heavy atom. The third-order valence-electron chi connectivity index (χ3n) is 1.80. The summed E-state index contributed by atoms with van der Waals surface area (Å²) in [5, 5.41) is 19.1. The molecule has 0 amide bonds. The van der Waals surface area contributed by atoms with E-state index in [9.17, 15) is 10.1 Å². The minimum absolute atomic E-state index is 0.0298. The Kier molecular flexibility index (Phi) is 2.97. The molecule has 0 aliphatic rings. The van der Waals surface area contributed by atoms with Gasteiger partial charge >= 0.3 is 0 Å². The molecule has 0 saturated heterocycles. The summed E-state index contributed by atoms with van der Waals surface area (Å²) in [6.45, 7) is 1.75. The van der Waals surface area contributed by atoms with Crippen molar-refractivity contribution in [3.8, 4) is 6.07 Å². The van der Waals surface area contributed by atoms with Crippen LogP contribution in [-0.4, -0.2) is 4.92 Å². The van der Waals surface area contributed by atoms with Gasteiger partial charge in [0.1, 0.15) is 0 Å². The molecule has 0 N–H and O–H groups in total. The molecule has 0 aliphatic carbocycles. The fourth-order valence-electron chi connectivity index (χ4n) is 1.06. The second-order valence-corrected chi connectivity index (χ2v) is 2.62. The predicted molar refractivity (Wildman–Crippen MR) is 52.4 cm³/mol. The van der Waals surface area contributed by atoms with Crippen molar-refractivity contribution < 1.29 is 4.92 Å². The van der Waals surface area contributed by atoms with Gasteiger partial charge in [0.25, 0.3) is 5.69 Å². The summed E-state index contributed by atoms with van der Waals surface area (Å²) >= 11 is 0. The summed E-state index contributed by atoms with van der Waals surface area (Å²) in [5.41, 5.74) is 1.24. The molecule has 0 aliphatic heterocycles. The first-order valence-corrected chi connectivity index (χ1v) is 4.00. The van der Waals surface area contributed by atoms with Gasteiger partial charge in [-0.1, -0.05) is 6.08 Å². The molecule has 0 atom stereocenters. The Hall–Kier alpha value is -2.15. The van der Waals surface area contributed by atoms with E-state index >= 15 is 0 Å². The van der Waals surface area contributed by atoms with Crippen LogP contribution in [0.4, 0.5) is 5.69 Å². The highest BCUT2D eigenvalue weighted by molar-refractivity contribution is 5.76. The number of nitro groups is 1. The van der Waals surface area contributed by atoms with Crippen molar-refractivity contribution in [1.82, 2.24) is 0 Å². The molecular weight excluding hydrogens is 180 g/mol. The van der Waals surface area contributed by atoms with Crippen LogP contribution >= 0.6 is 0 Å². The van der Waals surface area contributed by atoms with Crippen molar-refractivity contribution in [2.75, 3.05) is 0 Å². The fourth-order valence-corrected chi connectivity index (χ4v) is 1.06. The van der Waals surface area contributed by atoms with Crippen LogP contribution in [0.1, 0.15) is 12.5 Å². The monoisotopic (exact) mass is 188 g/mol. The number of benzene rings is 1. The molecule has 70 valence electrons. The minimum atomic E-state index is -0.467. The number of rotatable bonds is 2. The zero-order valence-corrected chi connectivity index (χ0v) is 7.60. The van der Waals surface area contributed by atoms with Crippen LogP contribution < -0.4 is 0 Å². The van der Waals surface area contributed by atoms with Crippen LogP contribution in [0.2, 0.25) is 0 Å². The first kappa shape index (κ1) is 9.93. The molecule has 1 aromatic carbocycles. The molecule has 0 aromatic heterocycles. The zero-order valence-electron chi connectivity index (χ0n) is 7.60. The number of non-ortho nitro benzene ring substituents is 1. The highest BCUT2D eigenvalue weighted by atomic mass is 16.6. The third-order valence-corrected chi connectivity index (χ3v) is 1.80. The highest BCUT2D eigenvalue weighted by Crippen LogP contribution is 2.17. The Morgan fingerprint density at radius 1 is 1.50 bits per heavy atom. The predicted octanol–water partition coefficient (Wildman–Crippen LogP) is 2.52. The standard InChI is InChI=1S/C10H8N2O2/c1-2-8(7-11)9-3-5-10(6-4-9)12(13)14/h2-6H,1H3. The summed E-state index contributed by atoms with van der Waals surface area (Å²) in [6.07, 6.45) is 1.67. The lowest BCUT2D eigenvalue weighted by atomic mass is 10.1. The van der Waals surface area contributed by atoms with Gasteiger partial charge < -0.3 is 0 Å². The molecule has 4 heteroatoms. The first-order chi connectivity index (χ1) is 6.69. The number of hydrogen-bond donors (Lipinski definition) is 0. The van der Waals surface area contributed by atoms with E-state index in [1.165, 1.54) is 12.1 Å². The van der Waals surface area contributed by atoms with Crippen molar-refractivity contribution >= 4 is 11.3 Å². The molecule has 0 saturated carbocycles. The summed E-state index contributed by atoms with van der Waals surface area (Å²) in [4.78, 5) is 9.88. The highest BCUT2D eigenvalue weighted by Gasteiger charge is 2.05. The number of hydrogen-bond acceptors (Lipinski definition) is 3. The van der Waals surface area contributed by atoms with Gasteiger partial charge in [-0.3, -0.25) is 10.1 Å². The Bertz CT molecular complexity index is 413. The summed E-state index contributed by atoms with van der Waals surface area (Å²) in [5.74, 6) is 0. The first-order valence-electron chi connectivity index (χ1n) is 4.00. The Morgan fingerprint density at radius 3 is 2.43 bits per heavy atom. The molecule has 14 heavy (non-hydrogen) atoms. The normalized spacial score (nSPS) is 10.7. The van der Waals surface area contributed by atoms with Gasteiger partial charge in [0, 0.05) is 12.1 Å². The van der Waals surface area contributed by atoms with Gasteiger partial charge in [0.2, 0.25) is 0 Å². The molecule has 4 nitrogen and oxygen atoms in total. The van der Waals surface area contributed by atoms with Crippen LogP contribution in [-0.2, 0) is 0 Å². The maximum Gasteiger partial charge on any atom is 0.269 e. The van der Waals surface area contributed by atoms with E-state index in [0.717, 1.165) is 0 Å². The van der Waals surface area contributed by atoms with E-state index < -0.39 is 4.92 Å². The molecule has 0 spiro atoms. The number of allylic oxidation sites excluding steroid dienone is 2. The SMILES string of the molecule is CC=C(C#N)c1ccc([N+](=O)[O-])cc1. The summed E-state index contributed by atoms with van der Waals surface area (Å²) in [6, 6.07) is 7.91. The lowest BCUT2D eigenvalue weighted by Gasteiger charge is -1.96. The van der Waals surface area contributed by atoms with Crippen LogP contribution in [0.25, 0.3) is 5.57 Å². The molecule has 0 heterocycles. The molecule has 0 fully saturated rings. The quantitative estimate of drug-likeness (QED) is 0.407. The van der Waals surface area contributed by atoms with Crippen LogP contribution in [0.3, 0.4) is 0 Å². The largest absolute Gasteiger partial charge is 0.269 e. The van der Waals surface area contributed by atoms with E-state index in [1.807, 2.05) is 6.07 Å². The van der Waals surface area contributed by atoms with E-state index in [2.05, 4.69) is 0 Å². The molecule has 0 radical (unpaired) electrons. The Labute approximate surface area is 81.2 Å². The molecular formula is C10H8N2O2. The molecule has 1 rings (SSSR count). The second kappa shape index (κ2) is 4.19. The number of nitriles is 1. The van der Waals surface area contributed by atoms with Gasteiger partial charge in [-0.05, 0) is 24.6 Å². The number of nitro benzene ring substituents is 1. The van der Waals surface area contributed by atoms with Crippen LogP contribution in [0, 0.1) is 21.4 Å². The zero-order chi connectivity index (χ0) is 10.6. The van der Waals surface area contributed by atoms with Gasteiger partial charge in [-0.15, -0.1) is 0 Å². The minimum Gasteiger partial charge on any atom is -0.258 e. The maximum absolute atomic E-state index is 10.3. The van der Waals surface area contributed by atoms with Gasteiger partial charge in [0.15, 0.2) is 0 Å². The average Bonchev–Trinajstić information content (AvgIpc) is 2.20. The Balaban J connectivity index is 3.07. The van der Waals surface area contributed by atoms with E-state index in [1.54, 1.807) is 25.1 Å². The second-order valence-electron chi connectivity index (χ2n) is 2.62. The van der Waals surface area contributed by atoms with Gasteiger partial charge in [0.05, 0.1) is 16.6 Å². The van der Waals surface area contributed by atoms with Crippen molar-refractivity contribution in [3.05, 3.63) is 46.0 Å². The molecule has 1 aromatic rings. The van der Waals surface area contributed by atoms with Crippen molar-refractivity contribution in [3.63, 3.8) is 0 Å². The van der Waals surface area contributed by atoms with Crippen LogP contribution in [0.5, 0.6) is 0 Å². The third kappa shape index (κ3) is 1.96. The van der Waals surface area contributed by atoms with Crippen molar-refractivity contribution in [1.29, 1.82) is 5.26 Å².